The van der Waals surface area contributed by atoms with E-state index in [1.807, 2.05) is 36.4 Å². The number of nitrogens with zero attached hydrogens (tertiary/aromatic N) is 2. The van der Waals surface area contributed by atoms with Crippen molar-refractivity contribution in [3.8, 4) is 17.1 Å². The molecule has 0 amide bonds. The Morgan fingerprint density at radius 2 is 1.45 bits per heavy atom. The van der Waals surface area contributed by atoms with Crippen molar-refractivity contribution in [2.75, 3.05) is 7.11 Å². The average Bonchev–Trinajstić information content (AvgIpc) is 2.77. The first-order valence-corrected chi connectivity index (χ1v) is 10.2. The van der Waals surface area contributed by atoms with Crippen LogP contribution in [0.3, 0.4) is 0 Å². The molecule has 0 fully saturated rings. The monoisotopic (exact) mass is 621 g/mol. The molecule has 0 saturated carbocycles. The maximum atomic E-state index is 12.9. The number of halogens is 2. The molecule has 1 aromatic heterocycles. The zero-order chi connectivity index (χ0) is 21.7. The first-order valence-electron chi connectivity index (χ1n) is 10.2. The standard InChI is InChI=1S/C26H28N2O2.2BrH.Cu/c1-17(2)20-12-9-13-21(18(3)4)25(20)27-16-24(29)22-14-15-23(28-26(22)30-5)19-10-7-6-8-11-19;;;/h6-18H,1-5H3;2*1H;/q;;;+2/p-2. The molecule has 7 heteroatoms. The molecule has 3 rings (SSSR count). The van der Waals surface area contributed by atoms with Gasteiger partial charge in [0.15, 0.2) is 0 Å². The number of carbonyl (C=O) groups is 1. The van der Waals surface area contributed by atoms with Crippen LogP contribution in [0.1, 0.15) is 61.0 Å². The van der Waals surface area contributed by atoms with Crippen LogP contribution in [-0.2, 0) is 17.1 Å². The average molecular weight is 624 g/mol. The summed E-state index contributed by atoms with van der Waals surface area (Å²) in [6, 6.07) is 19.6. The van der Waals surface area contributed by atoms with Crippen molar-refractivity contribution in [1.82, 2.24) is 4.98 Å². The van der Waals surface area contributed by atoms with E-state index >= 15 is 0 Å². The number of hydrogen-bond donors (Lipinski definition) is 0. The summed E-state index contributed by atoms with van der Waals surface area (Å²) in [5, 5.41) is 0. The third-order valence-corrected chi connectivity index (χ3v) is 5.04. The van der Waals surface area contributed by atoms with Crippen LogP contribution in [0, 0.1) is 0 Å². The fourth-order valence-corrected chi connectivity index (χ4v) is 3.41. The number of aromatic nitrogens is 1. The van der Waals surface area contributed by atoms with E-state index in [9.17, 15) is 4.79 Å². The largest absolute Gasteiger partial charge is 2.00 e. The van der Waals surface area contributed by atoms with E-state index < -0.39 is 0 Å². The van der Waals surface area contributed by atoms with Crippen LogP contribution in [0.4, 0.5) is 5.69 Å². The summed E-state index contributed by atoms with van der Waals surface area (Å²) in [5.74, 6) is 0.695. The fraction of sp³-hybridized carbons (Fsp3) is 0.269. The Bertz CT molecular complexity index is 1040. The molecule has 3 aromatic rings. The van der Waals surface area contributed by atoms with E-state index in [0.29, 0.717) is 23.3 Å². The van der Waals surface area contributed by atoms with Gasteiger partial charge in [-0.3, -0.25) is 9.79 Å². The van der Waals surface area contributed by atoms with Crippen molar-refractivity contribution in [2.24, 2.45) is 4.99 Å². The van der Waals surface area contributed by atoms with E-state index in [1.165, 1.54) is 13.3 Å². The number of hydrogen-bond acceptors (Lipinski definition) is 4. The molecular formula is C26H28Br2CuN2O2. The predicted octanol–water partition coefficient (Wildman–Crippen LogP) is 0.595. The Morgan fingerprint density at radius 1 is 0.879 bits per heavy atom. The van der Waals surface area contributed by atoms with Crippen molar-refractivity contribution in [1.29, 1.82) is 0 Å². The summed E-state index contributed by atoms with van der Waals surface area (Å²) in [6.07, 6.45) is 1.38. The van der Waals surface area contributed by atoms with Crippen molar-refractivity contribution in [3.63, 3.8) is 0 Å². The summed E-state index contributed by atoms with van der Waals surface area (Å²) in [7, 11) is 1.52. The molecule has 0 saturated heterocycles. The number of Topliss-reactive ketones (excluding diaryl/α,β-unsaturated/α-hetero) is 1. The minimum absolute atomic E-state index is 0. The molecule has 1 radical (unpaired) electrons. The fourth-order valence-electron chi connectivity index (χ4n) is 3.41. The third kappa shape index (κ3) is 7.61. The van der Waals surface area contributed by atoms with Crippen LogP contribution in [-0.4, -0.2) is 24.1 Å². The van der Waals surface area contributed by atoms with E-state index in [1.54, 1.807) is 6.07 Å². The first kappa shape index (κ1) is 31.2. The van der Waals surface area contributed by atoms with Gasteiger partial charge < -0.3 is 38.7 Å². The number of pyridine rings is 1. The van der Waals surface area contributed by atoms with Crippen LogP contribution in [0.25, 0.3) is 11.3 Å². The zero-order valence-corrected chi connectivity index (χ0v) is 23.4. The van der Waals surface area contributed by atoms with Gasteiger partial charge in [-0.25, -0.2) is 4.98 Å². The quantitative estimate of drug-likeness (QED) is 0.220. The maximum absolute atomic E-state index is 12.9. The Kier molecular flexibility index (Phi) is 13.7. The van der Waals surface area contributed by atoms with Crippen LogP contribution in [0.2, 0.25) is 0 Å². The second kappa shape index (κ2) is 14.5. The molecule has 0 spiro atoms. The summed E-state index contributed by atoms with van der Waals surface area (Å²) < 4.78 is 5.41. The van der Waals surface area contributed by atoms with E-state index in [4.69, 9.17) is 4.74 Å². The van der Waals surface area contributed by atoms with Gasteiger partial charge in [-0.1, -0.05) is 76.2 Å². The van der Waals surface area contributed by atoms with Crippen molar-refractivity contribution in [2.45, 2.75) is 39.5 Å². The van der Waals surface area contributed by atoms with Gasteiger partial charge in [0.25, 0.3) is 0 Å². The van der Waals surface area contributed by atoms with Gasteiger partial charge in [-0.05, 0) is 35.1 Å². The molecule has 2 aromatic carbocycles. The predicted molar refractivity (Wildman–Crippen MR) is 123 cm³/mol. The third-order valence-electron chi connectivity index (χ3n) is 5.04. The van der Waals surface area contributed by atoms with Gasteiger partial charge in [0.1, 0.15) is 0 Å². The molecule has 1 heterocycles. The molecule has 0 N–H and O–H groups in total. The zero-order valence-electron chi connectivity index (χ0n) is 19.3. The molecule has 0 aliphatic carbocycles. The van der Waals surface area contributed by atoms with Crippen molar-refractivity contribution in [3.05, 3.63) is 77.4 Å². The van der Waals surface area contributed by atoms with Gasteiger partial charge in [0, 0.05) is 5.56 Å². The summed E-state index contributed by atoms with van der Waals surface area (Å²) in [5.41, 5.74) is 5.27. The topological polar surface area (TPSA) is 51.5 Å². The number of carbonyl (C=O) groups excluding carboxylic acids is 1. The van der Waals surface area contributed by atoms with Gasteiger partial charge in [-0.15, -0.1) is 0 Å². The summed E-state index contributed by atoms with van der Waals surface area (Å²) in [6.45, 7) is 8.54. The first-order chi connectivity index (χ1) is 14.4. The number of benzene rings is 2. The van der Waals surface area contributed by atoms with Gasteiger partial charge in [-0.2, -0.15) is 0 Å². The molecule has 0 aliphatic heterocycles. The van der Waals surface area contributed by atoms with Crippen LogP contribution >= 0.6 is 0 Å². The second-order valence-electron chi connectivity index (χ2n) is 7.84. The molecule has 0 unspecified atom stereocenters. The minimum Gasteiger partial charge on any atom is -1.00 e. The van der Waals surface area contributed by atoms with Crippen molar-refractivity contribution < 1.29 is 60.6 Å². The minimum atomic E-state index is -0.229. The van der Waals surface area contributed by atoms with Crippen LogP contribution in [0.15, 0.2) is 65.7 Å². The van der Waals surface area contributed by atoms with Gasteiger partial charge in [0.2, 0.25) is 11.7 Å². The number of rotatable bonds is 7. The Balaban J connectivity index is 0.00000341. The van der Waals surface area contributed by atoms with Crippen molar-refractivity contribution >= 4 is 17.7 Å². The van der Waals surface area contributed by atoms with E-state index in [0.717, 1.165) is 28.1 Å². The second-order valence-corrected chi connectivity index (χ2v) is 7.84. The summed E-state index contributed by atoms with van der Waals surface area (Å²) in [4.78, 5) is 22.1. The van der Waals surface area contributed by atoms with Crippen LogP contribution < -0.4 is 38.7 Å². The molecular weight excluding hydrogens is 596 g/mol. The Labute approximate surface area is 228 Å². The number of ketones is 1. The summed E-state index contributed by atoms with van der Waals surface area (Å²) >= 11 is 0. The van der Waals surface area contributed by atoms with Gasteiger partial charge >= 0.3 is 17.1 Å². The molecule has 179 valence electrons. The number of para-hydroxylation sites is 1. The van der Waals surface area contributed by atoms with E-state index in [2.05, 4.69) is 55.9 Å². The molecule has 0 aliphatic rings. The maximum Gasteiger partial charge on any atom is 2.00 e. The Hall–Kier alpha value is -1.79. The number of methoxy groups -OCH3 is 1. The molecule has 4 nitrogen and oxygen atoms in total. The number of ether oxygens (including phenoxy) is 1. The van der Waals surface area contributed by atoms with Gasteiger partial charge in [0.05, 0.1) is 30.3 Å². The van der Waals surface area contributed by atoms with Crippen LogP contribution in [0.5, 0.6) is 5.88 Å². The Morgan fingerprint density at radius 3 is 1.97 bits per heavy atom. The molecule has 0 bridgehead atoms. The SMILES string of the molecule is COc1nc(-c2ccccc2)ccc1C(=O)C=Nc1c(C(C)C)cccc1C(C)C.[Br-].[Br-].[Cu+2]. The van der Waals surface area contributed by atoms with E-state index in [-0.39, 0.29) is 56.8 Å². The smallest absolute Gasteiger partial charge is 1.00 e. The number of aliphatic imine (C=N–C) groups is 1. The normalized spacial score (nSPS) is 10.4. The molecule has 0 atom stereocenters. The molecule has 33 heavy (non-hydrogen) atoms.